The summed E-state index contributed by atoms with van der Waals surface area (Å²) in [6.45, 7) is 0.305. The van der Waals surface area contributed by atoms with Crippen molar-refractivity contribution in [3.8, 4) is 5.75 Å². The van der Waals surface area contributed by atoms with Gasteiger partial charge in [-0.25, -0.2) is 4.39 Å². The summed E-state index contributed by atoms with van der Waals surface area (Å²) in [5.74, 6) is 0.446. The van der Waals surface area contributed by atoms with Crippen molar-refractivity contribution in [3.05, 3.63) is 64.4 Å². The van der Waals surface area contributed by atoms with Crippen LogP contribution >= 0.6 is 15.9 Å². The Morgan fingerprint density at radius 2 is 1.94 bits per heavy atom. The predicted octanol–water partition coefficient (Wildman–Crippen LogP) is 3.67. The Morgan fingerprint density at radius 3 is 2.67 bits per heavy atom. The van der Waals surface area contributed by atoms with Gasteiger partial charge in [0.2, 0.25) is 0 Å². The van der Waals surface area contributed by atoms with E-state index >= 15 is 0 Å². The van der Waals surface area contributed by atoms with Gasteiger partial charge in [-0.2, -0.15) is 0 Å². The maximum atomic E-state index is 13.0. The molecule has 0 aromatic heterocycles. The van der Waals surface area contributed by atoms with Crippen molar-refractivity contribution in [3.63, 3.8) is 0 Å². The summed E-state index contributed by atoms with van der Waals surface area (Å²) in [5.41, 5.74) is 6.67. The molecule has 2 rings (SSSR count). The zero-order chi connectivity index (χ0) is 13.0. The smallest absolute Gasteiger partial charge is 0.123 e. The summed E-state index contributed by atoms with van der Waals surface area (Å²) in [4.78, 5) is 0. The van der Waals surface area contributed by atoms with E-state index in [1.165, 1.54) is 12.1 Å². The van der Waals surface area contributed by atoms with Gasteiger partial charge >= 0.3 is 0 Å². The number of rotatable bonds is 4. The number of hydrogen-bond acceptors (Lipinski definition) is 2. The van der Waals surface area contributed by atoms with Crippen LogP contribution < -0.4 is 10.5 Å². The van der Waals surface area contributed by atoms with Crippen LogP contribution in [-0.2, 0) is 0 Å². The zero-order valence-electron chi connectivity index (χ0n) is 9.64. The summed E-state index contributed by atoms with van der Waals surface area (Å²) in [7, 11) is 0. The van der Waals surface area contributed by atoms with Crippen molar-refractivity contribution in [1.82, 2.24) is 0 Å². The van der Waals surface area contributed by atoms with Crippen LogP contribution in [0.5, 0.6) is 5.75 Å². The molecule has 0 bridgehead atoms. The molecular formula is C14H13BrFNO. The van der Waals surface area contributed by atoms with Gasteiger partial charge in [-0.1, -0.05) is 34.1 Å². The third-order valence-corrected chi connectivity index (χ3v) is 3.00. The van der Waals surface area contributed by atoms with E-state index in [-0.39, 0.29) is 11.9 Å². The fraction of sp³-hybridized carbons (Fsp3) is 0.143. The molecule has 0 aliphatic heterocycles. The minimum Gasteiger partial charge on any atom is -0.492 e. The van der Waals surface area contributed by atoms with Gasteiger partial charge in [-0.05, 0) is 35.9 Å². The Bertz CT molecular complexity index is 533. The molecular weight excluding hydrogens is 297 g/mol. The molecule has 2 aromatic carbocycles. The molecule has 0 amide bonds. The maximum Gasteiger partial charge on any atom is 0.123 e. The van der Waals surface area contributed by atoms with Crippen LogP contribution in [0.25, 0.3) is 0 Å². The fourth-order valence-electron chi connectivity index (χ4n) is 1.58. The SMILES string of the molecule is NC(COc1cccc(Br)c1)c1cccc(F)c1. The first-order valence-corrected chi connectivity index (χ1v) is 6.34. The first-order valence-electron chi connectivity index (χ1n) is 5.54. The molecule has 2 nitrogen and oxygen atoms in total. The van der Waals surface area contributed by atoms with Crippen LogP contribution in [0.2, 0.25) is 0 Å². The Kier molecular flexibility index (Phi) is 4.33. The highest BCUT2D eigenvalue weighted by atomic mass is 79.9. The maximum absolute atomic E-state index is 13.0. The molecule has 0 radical (unpaired) electrons. The van der Waals surface area contributed by atoms with Gasteiger partial charge in [0.05, 0.1) is 6.04 Å². The van der Waals surface area contributed by atoms with E-state index in [0.717, 1.165) is 15.8 Å². The molecule has 0 saturated carbocycles. The molecule has 0 aliphatic carbocycles. The highest BCUT2D eigenvalue weighted by molar-refractivity contribution is 9.10. The molecule has 0 saturated heterocycles. The van der Waals surface area contributed by atoms with Crippen LogP contribution in [0.1, 0.15) is 11.6 Å². The van der Waals surface area contributed by atoms with E-state index in [4.69, 9.17) is 10.5 Å². The monoisotopic (exact) mass is 309 g/mol. The van der Waals surface area contributed by atoms with Gasteiger partial charge in [-0.3, -0.25) is 0 Å². The number of halogens is 2. The summed E-state index contributed by atoms with van der Waals surface area (Å²) >= 11 is 3.36. The van der Waals surface area contributed by atoms with Crippen molar-refractivity contribution < 1.29 is 9.13 Å². The van der Waals surface area contributed by atoms with Gasteiger partial charge in [0.25, 0.3) is 0 Å². The lowest BCUT2D eigenvalue weighted by atomic mass is 10.1. The van der Waals surface area contributed by atoms with Gasteiger partial charge in [0, 0.05) is 4.47 Å². The predicted molar refractivity (Wildman–Crippen MR) is 73.0 cm³/mol. The van der Waals surface area contributed by atoms with Crippen molar-refractivity contribution >= 4 is 15.9 Å². The number of hydrogen-bond donors (Lipinski definition) is 1. The molecule has 4 heteroatoms. The molecule has 1 atom stereocenters. The summed E-state index contributed by atoms with van der Waals surface area (Å²) in [6, 6.07) is 13.4. The second-order valence-corrected chi connectivity index (χ2v) is 4.85. The van der Waals surface area contributed by atoms with E-state index in [1.54, 1.807) is 12.1 Å². The standard InChI is InChI=1S/C14H13BrFNO/c15-11-4-2-6-13(8-11)18-9-14(17)10-3-1-5-12(16)7-10/h1-8,14H,9,17H2. The molecule has 0 aliphatic rings. The van der Waals surface area contributed by atoms with Gasteiger partial charge in [0.15, 0.2) is 0 Å². The molecule has 0 heterocycles. The van der Waals surface area contributed by atoms with Crippen LogP contribution in [0.4, 0.5) is 4.39 Å². The van der Waals surface area contributed by atoms with Crippen molar-refractivity contribution in [2.45, 2.75) is 6.04 Å². The van der Waals surface area contributed by atoms with Crippen molar-refractivity contribution in [1.29, 1.82) is 0 Å². The lowest BCUT2D eigenvalue weighted by Crippen LogP contribution is -2.19. The largest absolute Gasteiger partial charge is 0.492 e. The summed E-state index contributed by atoms with van der Waals surface area (Å²) in [5, 5.41) is 0. The third-order valence-electron chi connectivity index (χ3n) is 2.50. The minimum atomic E-state index is -0.348. The molecule has 2 N–H and O–H groups in total. The fourth-order valence-corrected chi connectivity index (χ4v) is 1.95. The van der Waals surface area contributed by atoms with Gasteiger partial charge in [-0.15, -0.1) is 0 Å². The van der Waals surface area contributed by atoms with Crippen molar-refractivity contribution in [2.24, 2.45) is 5.73 Å². The zero-order valence-corrected chi connectivity index (χ0v) is 11.2. The second kappa shape index (κ2) is 5.98. The van der Waals surface area contributed by atoms with Gasteiger partial charge in [0.1, 0.15) is 18.2 Å². The minimum absolute atomic E-state index is 0.287. The van der Waals surface area contributed by atoms with E-state index in [1.807, 2.05) is 24.3 Å². The lowest BCUT2D eigenvalue weighted by Gasteiger charge is -2.13. The first kappa shape index (κ1) is 13.1. The third kappa shape index (κ3) is 3.55. The average Bonchev–Trinajstić information content (AvgIpc) is 2.36. The molecule has 94 valence electrons. The topological polar surface area (TPSA) is 35.2 Å². The van der Waals surface area contributed by atoms with E-state index < -0.39 is 0 Å². The Balaban J connectivity index is 1.98. The van der Waals surface area contributed by atoms with Gasteiger partial charge < -0.3 is 10.5 Å². The number of ether oxygens (including phenoxy) is 1. The molecule has 18 heavy (non-hydrogen) atoms. The normalized spacial score (nSPS) is 12.2. The highest BCUT2D eigenvalue weighted by Gasteiger charge is 2.07. The van der Waals surface area contributed by atoms with Crippen molar-refractivity contribution in [2.75, 3.05) is 6.61 Å². The lowest BCUT2D eigenvalue weighted by molar-refractivity contribution is 0.290. The number of nitrogens with two attached hydrogens (primary N) is 1. The van der Waals surface area contributed by atoms with Crippen LogP contribution in [0.3, 0.4) is 0 Å². The van der Waals surface area contributed by atoms with Crippen LogP contribution in [-0.4, -0.2) is 6.61 Å². The van der Waals surface area contributed by atoms with Crippen LogP contribution in [0, 0.1) is 5.82 Å². The Hall–Kier alpha value is -1.39. The molecule has 0 spiro atoms. The quantitative estimate of drug-likeness (QED) is 0.935. The number of benzene rings is 2. The molecule has 1 unspecified atom stereocenters. The average molecular weight is 310 g/mol. The molecule has 0 fully saturated rings. The highest BCUT2D eigenvalue weighted by Crippen LogP contribution is 2.19. The second-order valence-electron chi connectivity index (χ2n) is 3.93. The van der Waals surface area contributed by atoms with E-state index in [2.05, 4.69) is 15.9 Å². The Morgan fingerprint density at radius 1 is 1.17 bits per heavy atom. The summed E-state index contributed by atoms with van der Waals surface area (Å²) in [6.07, 6.45) is 0. The molecule has 2 aromatic rings. The van der Waals surface area contributed by atoms with E-state index in [0.29, 0.717) is 6.61 Å². The first-order chi connectivity index (χ1) is 8.65. The van der Waals surface area contributed by atoms with Crippen LogP contribution in [0.15, 0.2) is 53.0 Å². The van der Waals surface area contributed by atoms with E-state index in [9.17, 15) is 4.39 Å². The Labute approximate surface area is 114 Å². The summed E-state index contributed by atoms with van der Waals surface area (Å²) < 4.78 is 19.6.